The third kappa shape index (κ3) is 2.78. The van der Waals surface area contributed by atoms with Crippen LogP contribution in [-0.2, 0) is 13.5 Å². The molecule has 0 bridgehead atoms. The second kappa shape index (κ2) is 6.24. The fourth-order valence-electron chi connectivity index (χ4n) is 3.64. The number of pyridine rings is 2. The Morgan fingerprint density at radius 1 is 1.19 bits per heavy atom. The van der Waals surface area contributed by atoms with Crippen molar-refractivity contribution in [3.63, 3.8) is 0 Å². The number of aryl methyl sites for hydroxylation is 3. The van der Waals surface area contributed by atoms with Gasteiger partial charge in [0, 0.05) is 32.7 Å². The number of nitrogens with zero attached hydrogens (tertiary/aromatic N) is 2. The molecule has 4 rings (SSSR count). The summed E-state index contributed by atoms with van der Waals surface area (Å²) in [7, 11) is 2.04. The first kappa shape index (κ1) is 13.5. The molecule has 0 aliphatic heterocycles. The van der Waals surface area contributed by atoms with E-state index in [1.165, 1.54) is 5.56 Å². The molecule has 0 amide bonds. The molecule has 0 fully saturated rings. The molecular weight excluding hydrogens is 320 g/mol. The molecule has 4 aromatic rings. The lowest BCUT2D eigenvalue weighted by atomic mass is 9.96. The van der Waals surface area contributed by atoms with Crippen LogP contribution in [0.4, 0.5) is 0 Å². The maximum atomic E-state index is 7.63. The Morgan fingerprint density at radius 2 is 2.04 bits per heavy atom. The highest BCUT2D eigenvalue weighted by Crippen LogP contribution is 2.37. The molecule has 1 aromatic carbocycles. The second-order valence-corrected chi connectivity index (χ2v) is 7.41. The fourth-order valence-corrected chi connectivity index (χ4v) is 3.64. The zero-order valence-electron chi connectivity index (χ0n) is 18.6. The second-order valence-electron chi connectivity index (χ2n) is 7.41. The van der Waals surface area contributed by atoms with Crippen LogP contribution >= 0.6 is 0 Å². The lowest BCUT2D eigenvalue weighted by Gasteiger charge is -2.09. The maximum Gasteiger partial charge on any atom is 0.227 e. The number of benzene rings is 1. The van der Waals surface area contributed by atoms with Crippen LogP contribution in [0.3, 0.4) is 0 Å². The Labute approximate surface area is 158 Å². The molecule has 0 unspecified atom stereocenters. The van der Waals surface area contributed by atoms with E-state index >= 15 is 0 Å². The third-order valence-electron chi connectivity index (χ3n) is 4.83. The van der Waals surface area contributed by atoms with Crippen molar-refractivity contribution in [2.45, 2.75) is 34.0 Å². The Bertz CT molecular complexity index is 1220. The fraction of sp³-hybridized carbons (Fsp3) is 0.304. The van der Waals surface area contributed by atoms with E-state index in [1.54, 1.807) is 6.07 Å². The van der Waals surface area contributed by atoms with Crippen LogP contribution in [0.2, 0.25) is 0 Å². The van der Waals surface area contributed by atoms with E-state index < -0.39 is 6.85 Å². The molecule has 3 aromatic heterocycles. The largest absolute Gasteiger partial charge is 0.438 e. The Balaban J connectivity index is 2.01. The predicted octanol–water partition coefficient (Wildman–Crippen LogP) is 5.29. The van der Waals surface area contributed by atoms with Crippen molar-refractivity contribution in [1.82, 2.24) is 4.98 Å². The van der Waals surface area contributed by atoms with Crippen LogP contribution in [-0.4, -0.2) is 4.98 Å². The van der Waals surface area contributed by atoms with E-state index in [0.29, 0.717) is 17.2 Å². The van der Waals surface area contributed by atoms with Crippen molar-refractivity contribution in [2.75, 3.05) is 0 Å². The number of hydrogen-bond acceptors (Lipinski definition) is 2. The molecule has 0 aliphatic rings. The van der Waals surface area contributed by atoms with E-state index in [1.807, 2.05) is 25.2 Å². The van der Waals surface area contributed by atoms with Crippen LogP contribution in [0.1, 0.15) is 34.8 Å². The molecule has 132 valence electrons. The van der Waals surface area contributed by atoms with E-state index in [-0.39, 0.29) is 5.69 Å². The monoisotopic (exact) mass is 348 g/mol. The molecule has 3 heteroatoms. The smallest absolute Gasteiger partial charge is 0.227 e. The molecule has 3 heterocycles. The minimum atomic E-state index is -2.26. The number of aromatic nitrogens is 2. The van der Waals surface area contributed by atoms with Crippen LogP contribution in [0.15, 0.2) is 47.0 Å². The van der Waals surface area contributed by atoms with Crippen molar-refractivity contribution in [3.05, 3.63) is 59.4 Å². The van der Waals surface area contributed by atoms with Crippen molar-refractivity contribution in [1.29, 1.82) is 0 Å². The number of fused-ring (bicyclic) bond motifs is 3. The summed E-state index contributed by atoms with van der Waals surface area (Å²) < 4.78 is 31.0. The third-order valence-corrected chi connectivity index (χ3v) is 4.83. The molecular formula is C23H25N2O+. The standard InChI is InChI=1S/C23H25N2O/c1-14(2)12-17-10-11-25(5)19(13-17)21-15(3)6-9-20-22(21)18-8-7-16(4)24-23(18)26-20/h6-11,13-14H,12H2,1-5H3/q+1/i4D3. The highest BCUT2D eigenvalue weighted by molar-refractivity contribution is 6.11. The van der Waals surface area contributed by atoms with E-state index in [4.69, 9.17) is 8.53 Å². The average Bonchev–Trinajstić information content (AvgIpc) is 3.00. The van der Waals surface area contributed by atoms with Gasteiger partial charge in [-0.15, -0.1) is 0 Å². The number of furan rings is 1. The van der Waals surface area contributed by atoms with Crippen molar-refractivity contribution in [2.24, 2.45) is 13.0 Å². The van der Waals surface area contributed by atoms with Crippen molar-refractivity contribution >= 4 is 22.1 Å². The minimum absolute atomic E-state index is 0.0480. The van der Waals surface area contributed by atoms with Gasteiger partial charge in [0.25, 0.3) is 0 Å². The van der Waals surface area contributed by atoms with Crippen LogP contribution < -0.4 is 4.57 Å². The summed E-state index contributed by atoms with van der Waals surface area (Å²) in [6.07, 6.45) is 3.11. The summed E-state index contributed by atoms with van der Waals surface area (Å²) in [5.41, 5.74) is 5.75. The van der Waals surface area contributed by atoms with E-state index in [9.17, 15) is 0 Å². The van der Waals surface area contributed by atoms with Gasteiger partial charge < -0.3 is 4.42 Å². The maximum absolute atomic E-state index is 7.63. The predicted molar refractivity (Wildman–Crippen MR) is 106 cm³/mol. The summed E-state index contributed by atoms with van der Waals surface area (Å²) >= 11 is 0. The van der Waals surface area contributed by atoms with E-state index in [2.05, 4.69) is 48.7 Å². The van der Waals surface area contributed by atoms with Gasteiger partial charge in [0.1, 0.15) is 12.6 Å². The highest BCUT2D eigenvalue weighted by atomic mass is 16.3. The van der Waals surface area contributed by atoms with Gasteiger partial charge >= 0.3 is 0 Å². The van der Waals surface area contributed by atoms with Crippen LogP contribution in [0, 0.1) is 19.7 Å². The lowest BCUT2D eigenvalue weighted by molar-refractivity contribution is -0.660. The topological polar surface area (TPSA) is 29.9 Å². The molecule has 3 nitrogen and oxygen atoms in total. The average molecular weight is 348 g/mol. The Kier molecular flexibility index (Phi) is 3.24. The number of hydrogen-bond donors (Lipinski definition) is 0. The van der Waals surface area contributed by atoms with Crippen LogP contribution in [0.5, 0.6) is 0 Å². The quantitative estimate of drug-likeness (QED) is 0.471. The highest BCUT2D eigenvalue weighted by Gasteiger charge is 2.21. The summed E-state index contributed by atoms with van der Waals surface area (Å²) in [5.74, 6) is 0.574. The molecule has 0 spiro atoms. The first-order valence-electron chi connectivity index (χ1n) is 10.5. The molecule has 0 atom stereocenters. The summed E-state index contributed by atoms with van der Waals surface area (Å²) in [5, 5.41) is 1.81. The minimum Gasteiger partial charge on any atom is -0.438 e. The van der Waals surface area contributed by atoms with Crippen molar-refractivity contribution < 1.29 is 13.1 Å². The first-order valence-corrected chi connectivity index (χ1v) is 8.97. The van der Waals surface area contributed by atoms with Gasteiger partial charge in [-0.1, -0.05) is 19.9 Å². The van der Waals surface area contributed by atoms with Gasteiger partial charge in [-0.25, -0.2) is 9.55 Å². The summed E-state index contributed by atoms with van der Waals surface area (Å²) in [6, 6.07) is 11.8. The van der Waals surface area contributed by atoms with Gasteiger partial charge in [0.15, 0.2) is 6.20 Å². The summed E-state index contributed by atoms with van der Waals surface area (Å²) in [4.78, 5) is 4.29. The van der Waals surface area contributed by atoms with E-state index in [0.717, 1.165) is 34.0 Å². The number of rotatable bonds is 3. The van der Waals surface area contributed by atoms with Gasteiger partial charge in [-0.2, -0.15) is 0 Å². The Morgan fingerprint density at radius 3 is 2.81 bits per heavy atom. The zero-order chi connectivity index (χ0) is 20.9. The van der Waals surface area contributed by atoms with Crippen molar-refractivity contribution in [3.8, 4) is 11.3 Å². The molecule has 0 radical (unpaired) electrons. The Hall–Kier alpha value is -2.68. The van der Waals surface area contributed by atoms with Gasteiger partial charge in [-0.05, 0) is 55.4 Å². The van der Waals surface area contributed by atoms with Crippen LogP contribution in [0.25, 0.3) is 33.3 Å². The van der Waals surface area contributed by atoms with Gasteiger partial charge in [0.2, 0.25) is 11.4 Å². The SMILES string of the molecule is [2H]C([2H])([2H])c1ccc2c(n1)oc1ccc(C)c(-c3cc(CC(C)C)cc[n+]3C)c12. The molecule has 0 N–H and O–H groups in total. The molecule has 26 heavy (non-hydrogen) atoms. The molecule has 0 saturated carbocycles. The summed E-state index contributed by atoms with van der Waals surface area (Å²) in [6.45, 7) is 4.27. The van der Waals surface area contributed by atoms with Gasteiger partial charge in [-0.3, -0.25) is 0 Å². The first-order chi connectivity index (χ1) is 13.6. The normalized spacial score (nSPS) is 14.0. The zero-order valence-corrected chi connectivity index (χ0v) is 15.6. The molecule has 0 saturated heterocycles. The molecule has 0 aliphatic carbocycles. The van der Waals surface area contributed by atoms with Gasteiger partial charge in [0.05, 0.1) is 5.56 Å². The lowest BCUT2D eigenvalue weighted by Crippen LogP contribution is -2.31.